The molecule has 0 saturated heterocycles. The molecular weight excluding hydrogens is 244 g/mol. The predicted octanol–water partition coefficient (Wildman–Crippen LogP) is 3.77. The van der Waals surface area contributed by atoms with Gasteiger partial charge in [-0.15, -0.1) is 11.3 Å². The number of rotatable bonds is 2. The van der Waals surface area contributed by atoms with Gasteiger partial charge in [0.1, 0.15) is 5.01 Å². The maximum absolute atomic E-state index is 8.55. The largest absolute Gasteiger partial charge is 0.411 e. The molecule has 4 heteroatoms. The third-order valence-corrected chi connectivity index (χ3v) is 3.72. The van der Waals surface area contributed by atoms with Crippen LogP contribution in [0.25, 0.3) is 20.8 Å². The second kappa shape index (κ2) is 4.58. The van der Waals surface area contributed by atoms with E-state index in [2.05, 4.69) is 16.2 Å². The number of para-hydroxylation sites is 1. The molecule has 0 saturated carbocycles. The summed E-state index contributed by atoms with van der Waals surface area (Å²) in [6.45, 7) is 0. The summed E-state index contributed by atoms with van der Waals surface area (Å²) >= 11 is 1.66. The normalized spacial score (nSPS) is 11.3. The lowest BCUT2D eigenvalue weighted by atomic mass is 10.1. The molecule has 1 N–H and O–H groups in total. The van der Waals surface area contributed by atoms with E-state index in [0.29, 0.717) is 0 Å². The van der Waals surface area contributed by atoms with Crippen LogP contribution in [0.2, 0.25) is 0 Å². The van der Waals surface area contributed by atoms with E-state index in [1.165, 1.54) is 10.9 Å². The van der Waals surface area contributed by atoms with E-state index in [4.69, 9.17) is 5.21 Å². The number of thiazole rings is 1. The molecule has 0 radical (unpaired) electrons. The minimum Gasteiger partial charge on any atom is -0.411 e. The topological polar surface area (TPSA) is 45.5 Å². The van der Waals surface area contributed by atoms with Crippen molar-refractivity contribution in [2.75, 3.05) is 0 Å². The summed E-state index contributed by atoms with van der Waals surface area (Å²) in [5, 5.41) is 12.6. The maximum Gasteiger partial charge on any atom is 0.124 e. The van der Waals surface area contributed by atoms with Crippen LogP contribution in [0.5, 0.6) is 0 Å². The fourth-order valence-electron chi connectivity index (χ4n) is 1.81. The zero-order chi connectivity index (χ0) is 12.4. The van der Waals surface area contributed by atoms with Crippen molar-refractivity contribution in [1.29, 1.82) is 0 Å². The molecule has 0 aliphatic heterocycles. The minimum absolute atomic E-state index is 0.856. The summed E-state index contributed by atoms with van der Waals surface area (Å²) in [5.41, 5.74) is 2.90. The molecule has 0 bridgehead atoms. The van der Waals surface area contributed by atoms with Crippen molar-refractivity contribution in [1.82, 2.24) is 4.98 Å². The highest BCUT2D eigenvalue weighted by Crippen LogP contribution is 2.30. The third kappa shape index (κ3) is 1.98. The van der Waals surface area contributed by atoms with Crippen LogP contribution in [0.3, 0.4) is 0 Å². The lowest BCUT2D eigenvalue weighted by Crippen LogP contribution is -1.82. The van der Waals surface area contributed by atoms with Gasteiger partial charge in [-0.25, -0.2) is 4.98 Å². The first kappa shape index (κ1) is 10.9. The Balaban J connectivity index is 2.10. The first-order valence-electron chi connectivity index (χ1n) is 5.50. The smallest absolute Gasteiger partial charge is 0.124 e. The summed E-state index contributed by atoms with van der Waals surface area (Å²) in [5.74, 6) is 0. The SMILES string of the molecule is O/N=C\c1cccc(-c2nc3ccccc3s2)c1. The predicted molar refractivity (Wildman–Crippen MR) is 74.4 cm³/mol. The molecule has 0 fully saturated rings. The van der Waals surface area contributed by atoms with E-state index >= 15 is 0 Å². The number of benzene rings is 2. The van der Waals surface area contributed by atoms with Crippen LogP contribution in [0.15, 0.2) is 53.7 Å². The zero-order valence-electron chi connectivity index (χ0n) is 9.45. The van der Waals surface area contributed by atoms with E-state index < -0.39 is 0 Å². The van der Waals surface area contributed by atoms with Gasteiger partial charge in [0.25, 0.3) is 0 Å². The van der Waals surface area contributed by atoms with Crippen LogP contribution < -0.4 is 0 Å². The van der Waals surface area contributed by atoms with Crippen LogP contribution in [-0.4, -0.2) is 16.4 Å². The molecule has 0 amide bonds. The van der Waals surface area contributed by atoms with Crippen LogP contribution >= 0.6 is 11.3 Å². The molecule has 0 atom stereocenters. The molecule has 2 aromatic carbocycles. The van der Waals surface area contributed by atoms with Crippen LogP contribution in [0.1, 0.15) is 5.56 Å². The van der Waals surface area contributed by atoms with Gasteiger partial charge >= 0.3 is 0 Å². The molecule has 1 aromatic heterocycles. The Hall–Kier alpha value is -2.20. The second-order valence-corrected chi connectivity index (χ2v) is 4.89. The molecule has 3 nitrogen and oxygen atoms in total. The van der Waals surface area contributed by atoms with Crippen LogP contribution in [-0.2, 0) is 0 Å². The fourth-order valence-corrected chi connectivity index (χ4v) is 2.78. The quantitative estimate of drug-likeness (QED) is 0.430. The molecule has 0 spiro atoms. The van der Waals surface area contributed by atoms with Crippen LogP contribution in [0.4, 0.5) is 0 Å². The summed E-state index contributed by atoms with van der Waals surface area (Å²) in [6, 6.07) is 15.8. The van der Waals surface area contributed by atoms with Gasteiger partial charge in [0.2, 0.25) is 0 Å². The summed E-state index contributed by atoms with van der Waals surface area (Å²) < 4.78 is 1.17. The van der Waals surface area contributed by atoms with Gasteiger partial charge in [0, 0.05) is 5.56 Å². The third-order valence-electron chi connectivity index (χ3n) is 2.63. The molecule has 0 aliphatic rings. The number of hydrogen-bond donors (Lipinski definition) is 1. The number of aromatic nitrogens is 1. The molecule has 1 heterocycles. The van der Waals surface area contributed by atoms with Gasteiger partial charge in [-0.3, -0.25) is 0 Å². The molecule has 18 heavy (non-hydrogen) atoms. The lowest BCUT2D eigenvalue weighted by molar-refractivity contribution is 0.322. The number of nitrogens with zero attached hydrogens (tertiary/aromatic N) is 2. The van der Waals surface area contributed by atoms with E-state index in [1.54, 1.807) is 11.3 Å². The Morgan fingerprint density at radius 1 is 1.11 bits per heavy atom. The first-order chi connectivity index (χ1) is 8.86. The van der Waals surface area contributed by atoms with E-state index in [1.807, 2.05) is 42.5 Å². The van der Waals surface area contributed by atoms with Crippen LogP contribution in [0, 0.1) is 0 Å². The van der Waals surface area contributed by atoms with E-state index in [0.717, 1.165) is 21.7 Å². The molecule has 0 aliphatic carbocycles. The molecule has 3 aromatic rings. The first-order valence-corrected chi connectivity index (χ1v) is 6.32. The van der Waals surface area contributed by atoms with E-state index in [9.17, 15) is 0 Å². The van der Waals surface area contributed by atoms with Crippen molar-refractivity contribution in [3.63, 3.8) is 0 Å². The fraction of sp³-hybridized carbons (Fsp3) is 0. The van der Waals surface area contributed by atoms with Gasteiger partial charge in [-0.2, -0.15) is 0 Å². The monoisotopic (exact) mass is 254 g/mol. The zero-order valence-corrected chi connectivity index (χ0v) is 10.3. The highest BCUT2D eigenvalue weighted by Gasteiger charge is 2.05. The minimum atomic E-state index is 0.856. The summed E-state index contributed by atoms with van der Waals surface area (Å²) in [4.78, 5) is 4.60. The summed E-state index contributed by atoms with van der Waals surface area (Å²) in [7, 11) is 0. The number of fused-ring (bicyclic) bond motifs is 1. The van der Waals surface area contributed by atoms with Crippen molar-refractivity contribution >= 4 is 27.8 Å². The molecule has 0 unspecified atom stereocenters. The van der Waals surface area contributed by atoms with Crippen molar-refractivity contribution in [2.45, 2.75) is 0 Å². The Kier molecular flexibility index (Phi) is 2.78. The Bertz CT molecular complexity index is 685. The molecular formula is C14H10N2OS. The van der Waals surface area contributed by atoms with Crippen molar-refractivity contribution < 1.29 is 5.21 Å². The lowest BCUT2D eigenvalue weighted by Gasteiger charge is -1.97. The highest BCUT2D eigenvalue weighted by molar-refractivity contribution is 7.21. The van der Waals surface area contributed by atoms with Gasteiger partial charge < -0.3 is 5.21 Å². The van der Waals surface area contributed by atoms with Crippen molar-refractivity contribution in [3.8, 4) is 10.6 Å². The number of hydrogen-bond acceptors (Lipinski definition) is 4. The van der Waals surface area contributed by atoms with Gasteiger partial charge in [-0.1, -0.05) is 35.5 Å². The van der Waals surface area contributed by atoms with Gasteiger partial charge in [0.15, 0.2) is 0 Å². The van der Waals surface area contributed by atoms with Gasteiger partial charge in [-0.05, 0) is 23.8 Å². The van der Waals surface area contributed by atoms with Crippen molar-refractivity contribution in [2.24, 2.45) is 5.16 Å². The molecule has 3 rings (SSSR count). The summed E-state index contributed by atoms with van der Waals surface area (Å²) in [6.07, 6.45) is 1.41. The highest BCUT2D eigenvalue weighted by atomic mass is 32.1. The van der Waals surface area contributed by atoms with E-state index in [-0.39, 0.29) is 0 Å². The second-order valence-electron chi connectivity index (χ2n) is 3.86. The number of oxime groups is 1. The maximum atomic E-state index is 8.55. The van der Waals surface area contributed by atoms with Crippen molar-refractivity contribution in [3.05, 3.63) is 54.1 Å². The Labute approximate surface area is 108 Å². The molecule has 88 valence electrons. The average molecular weight is 254 g/mol. The Morgan fingerprint density at radius 2 is 2.00 bits per heavy atom. The Morgan fingerprint density at radius 3 is 2.83 bits per heavy atom. The standard InChI is InChI=1S/C14H10N2OS/c17-15-9-10-4-3-5-11(8-10)14-16-12-6-1-2-7-13(12)18-14/h1-9,17H/b15-9-. The average Bonchev–Trinajstić information content (AvgIpc) is 2.83. The van der Waals surface area contributed by atoms with Gasteiger partial charge in [0.05, 0.1) is 16.4 Å².